The van der Waals surface area contributed by atoms with Gasteiger partial charge < -0.3 is 10.0 Å². The molecule has 134 valence electrons. The molecule has 1 atom stereocenters. The zero-order valence-electron chi connectivity index (χ0n) is 13.6. The molecule has 1 fully saturated rings. The highest BCUT2D eigenvalue weighted by atomic mass is 32.1. The predicted molar refractivity (Wildman–Crippen MR) is 99.6 cm³/mol. The molecule has 4 heterocycles. The Morgan fingerprint density at radius 3 is 2.92 bits per heavy atom. The van der Waals surface area contributed by atoms with Gasteiger partial charge in [-0.25, -0.2) is 9.78 Å². The van der Waals surface area contributed by atoms with Gasteiger partial charge in [-0.2, -0.15) is 0 Å². The van der Waals surface area contributed by atoms with Gasteiger partial charge in [-0.05, 0) is 24.3 Å². The fourth-order valence-corrected chi connectivity index (χ4v) is 4.97. The molecule has 0 spiro atoms. The number of aromatic nitrogens is 2. The Morgan fingerprint density at radius 2 is 2.19 bits per heavy atom. The molecular weight excluding hydrogens is 374 g/mol. The zero-order valence-corrected chi connectivity index (χ0v) is 15.3. The number of carbonyl (C=O) groups excluding carboxylic acids is 1. The second kappa shape index (κ2) is 6.65. The highest BCUT2D eigenvalue weighted by Crippen LogP contribution is 2.33. The number of nitrogens with zero attached hydrogens (tertiary/aromatic N) is 3. The molecule has 7 nitrogen and oxygen atoms in total. The van der Waals surface area contributed by atoms with Crippen molar-refractivity contribution in [3.05, 3.63) is 39.6 Å². The number of carbonyl (C=O) groups is 2. The molecule has 0 aliphatic carbocycles. The van der Waals surface area contributed by atoms with Crippen molar-refractivity contribution >= 4 is 44.8 Å². The smallest absolute Gasteiger partial charge is 0.326 e. The third-order valence-electron chi connectivity index (χ3n) is 4.51. The maximum absolute atomic E-state index is 12.9. The predicted octanol–water partition coefficient (Wildman–Crippen LogP) is 2.26. The molecule has 1 saturated heterocycles. The molecule has 0 bridgehead atoms. The third kappa shape index (κ3) is 2.82. The lowest BCUT2D eigenvalue weighted by atomic mass is 10.2. The van der Waals surface area contributed by atoms with Gasteiger partial charge in [0.15, 0.2) is 0 Å². The summed E-state index contributed by atoms with van der Waals surface area (Å²) in [5.41, 5.74) is 0.544. The van der Waals surface area contributed by atoms with Crippen LogP contribution in [0.25, 0.3) is 20.7 Å². The first-order chi connectivity index (χ1) is 12.6. The van der Waals surface area contributed by atoms with E-state index in [0.717, 1.165) is 10.4 Å². The average molecular weight is 389 g/mol. The van der Waals surface area contributed by atoms with Crippen LogP contribution in [-0.4, -0.2) is 44.0 Å². The van der Waals surface area contributed by atoms with E-state index in [1.165, 1.54) is 38.5 Å². The van der Waals surface area contributed by atoms with Gasteiger partial charge in [-0.3, -0.25) is 14.2 Å². The summed E-state index contributed by atoms with van der Waals surface area (Å²) in [7, 11) is 0. The second-order valence-corrected chi connectivity index (χ2v) is 7.87. The van der Waals surface area contributed by atoms with E-state index in [9.17, 15) is 19.5 Å². The monoisotopic (exact) mass is 389 g/mol. The Balaban J connectivity index is 1.68. The molecule has 3 aromatic heterocycles. The van der Waals surface area contributed by atoms with Gasteiger partial charge in [-0.15, -0.1) is 22.7 Å². The van der Waals surface area contributed by atoms with Crippen LogP contribution in [-0.2, 0) is 16.1 Å². The standard InChI is InChI=1S/C17H15N3O4S2/c21-13(20-5-1-3-11(20)17(23)24)7-19-9-18-15-14(16(19)22)10(8-26-15)12-4-2-6-25-12/h2,4,6,8-9,11H,1,3,5,7H2,(H,23,24)/t11-/m0/s1. The van der Waals surface area contributed by atoms with E-state index in [0.29, 0.717) is 29.6 Å². The minimum absolute atomic E-state index is 0.203. The van der Waals surface area contributed by atoms with Crippen LogP contribution in [0, 0.1) is 0 Å². The second-order valence-electron chi connectivity index (χ2n) is 6.07. The molecule has 3 aromatic rings. The molecule has 4 rings (SSSR count). The van der Waals surface area contributed by atoms with Gasteiger partial charge >= 0.3 is 5.97 Å². The molecule has 1 N–H and O–H groups in total. The molecule has 1 aliphatic rings. The van der Waals surface area contributed by atoms with Crippen molar-refractivity contribution in [1.82, 2.24) is 14.5 Å². The Morgan fingerprint density at radius 1 is 1.35 bits per heavy atom. The number of carboxylic acid groups (broad SMARTS) is 1. The van der Waals surface area contributed by atoms with Crippen LogP contribution in [0.2, 0.25) is 0 Å². The number of rotatable bonds is 4. The van der Waals surface area contributed by atoms with E-state index < -0.39 is 12.0 Å². The van der Waals surface area contributed by atoms with Crippen molar-refractivity contribution in [2.45, 2.75) is 25.4 Å². The molecule has 0 radical (unpaired) electrons. The summed E-state index contributed by atoms with van der Waals surface area (Å²) in [6.45, 7) is 0.199. The van der Waals surface area contributed by atoms with Crippen molar-refractivity contribution in [2.24, 2.45) is 0 Å². The molecule has 1 aliphatic heterocycles. The highest BCUT2D eigenvalue weighted by Gasteiger charge is 2.34. The van der Waals surface area contributed by atoms with E-state index in [1.807, 2.05) is 22.9 Å². The SMILES string of the molecule is O=C(O)[C@@H]1CCCN1C(=O)Cn1cnc2scc(-c3cccs3)c2c1=O. The normalized spacial score (nSPS) is 17.1. The highest BCUT2D eigenvalue weighted by molar-refractivity contribution is 7.18. The zero-order chi connectivity index (χ0) is 18.3. The minimum atomic E-state index is -1.01. The van der Waals surface area contributed by atoms with E-state index in [-0.39, 0.29) is 18.0 Å². The Labute approximate surface area is 156 Å². The van der Waals surface area contributed by atoms with E-state index in [2.05, 4.69) is 4.98 Å². The number of carboxylic acids is 1. The maximum Gasteiger partial charge on any atom is 0.326 e. The van der Waals surface area contributed by atoms with Crippen LogP contribution < -0.4 is 5.56 Å². The van der Waals surface area contributed by atoms with Crippen molar-refractivity contribution in [2.75, 3.05) is 6.54 Å². The van der Waals surface area contributed by atoms with Gasteiger partial charge in [0.05, 0.1) is 11.7 Å². The summed E-state index contributed by atoms with van der Waals surface area (Å²) >= 11 is 2.93. The first-order valence-corrected chi connectivity index (χ1v) is 9.85. The van der Waals surface area contributed by atoms with Crippen LogP contribution in [0.1, 0.15) is 12.8 Å². The Hall–Kier alpha value is -2.52. The minimum Gasteiger partial charge on any atom is -0.480 e. The lowest BCUT2D eigenvalue weighted by Crippen LogP contribution is -2.43. The molecule has 1 amide bonds. The van der Waals surface area contributed by atoms with E-state index in [4.69, 9.17) is 0 Å². The lowest BCUT2D eigenvalue weighted by molar-refractivity contribution is -0.148. The number of hydrogen-bond acceptors (Lipinski definition) is 6. The van der Waals surface area contributed by atoms with Crippen LogP contribution in [0.4, 0.5) is 0 Å². The number of amides is 1. The molecule has 0 aromatic carbocycles. The summed E-state index contributed by atoms with van der Waals surface area (Å²) in [6.07, 6.45) is 2.46. The van der Waals surface area contributed by atoms with Gasteiger partial charge in [0.25, 0.3) is 5.56 Å². The Bertz CT molecular complexity index is 1040. The number of thiophene rings is 2. The van der Waals surface area contributed by atoms with Crippen LogP contribution in [0.5, 0.6) is 0 Å². The van der Waals surface area contributed by atoms with Crippen LogP contribution in [0.3, 0.4) is 0 Å². The summed E-state index contributed by atoms with van der Waals surface area (Å²) in [6, 6.07) is 3.05. The number of hydrogen-bond donors (Lipinski definition) is 1. The molecular formula is C17H15N3O4S2. The first kappa shape index (κ1) is 16.9. The van der Waals surface area contributed by atoms with Crippen LogP contribution in [0.15, 0.2) is 34.0 Å². The fourth-order valence-electron chi connectivity index (χ4n) is 3.25. The van der Waals surface area contributed by atoms with Crippen molar-refractivity contribution in [3.63, 3.8) is 0 Å². The molecule has 26 heavy (non-hydrogen) atoms. The number of fused-ring (bicyclic) bond motifs is 1. The lowest BCUT2D eigenvalue weighted by Gasteiger charge is -2.21. The van der Waals surface area contributed by atoms with Gasteiger partial charge in [-0.1, -0.05) is 6.07 Å². The van der Waals surface area contributed by atoms with Crippen molar-refractivity contribution in [1.29, 1.82) is 0 Å². The molecule has 0 saturated carbocycles. The average Bonchev–Trinajstić information content (AvgIpc) is 3.36. The largest absolute Gasteiger partial charge is 0.480 e. The van der Waals surface area contributed by atoms with Crippen molar-refractivity contribution < 1.29 is 14.7 Å². The van der Waals surface area contributed by atoms with E-state index in [1.54, 1.807) is 0 Å². The summed E-state index contributed by atoms with van der Waals surface area (Å²) < 4.78 is 1.27. The Kier molecular flexibility index (Phi) is 4.33. The fraction of sp³-hybridized carbons (Fsp3) is 0.294. The maximum atomic E-state index is 12.9. The first-order valence-electron chi connectivity index (χ1n) is 8.09. The van der Waals surface area contributed by atoms with Gasteiger partial charge in [0.2, 0.25) is 5.91 Å². The quantitative estimate of drug-likeness (QED) is 0.739. The van der Waals surface area contributed by atoms with E-state index >= 15 is 0 Å². The number of aliphatic carboxylic acids is 1. The van der Waals surface area contributed by atoms with Gasteiger partial charge in [0, 0.05) is 22.4 Å². The summed E-state index contributed by atoms with van der Waals surface area (Å²) in [5, 5.41) is 13.6. The summed E-state index contributed by atoms with van der Waals surface area (Å²) in [5.74, 6) is -1.37. The van der Waals surface area contributed by atoms with Crippen molar-refractivity contribution in [3.8, 4) is 10.4 Å². The topological polar surface area (TPSA) is 92.5 Å². The molecule has 9 heteroatoms. The number of likely N-dealkylation sites (tertiary alicyclic amines) is 1. The third-order valence-corrected chi connectivity index (χ3v) is 6.30. The van der Waals surface area contributed by atoms with Crippen LogP contribution >= 0.6 is 22.7 Å². The summed E-state index contributed by atoms with van der Waals surface area (Å²) in [4.78, 5) is 44.0. The molecule has 0 unspecified atom stereocenters. The van der Waals surface area contributed by atoms with Gasteiger partial charge in [0.1, 0.15) is 17.4 Å².